The highest BCUT2D eigenvalue weighted by Crippen LogP contribution is 2.23. The van der Waals surface area contributed by atoms with Gasteiger partial charge in [0.15, 0.2) is 0 Å². The van der Waals surface area contributed by atoms with E-state index in [1.165, 1.54) is 5.56 Å². The molecule has 14 heavy (non-hydrogen) atoms. The third-order valence-electron chi connectivity index (χ3n) is 2.34. The molecule has 0 aliphatic carbocycles. The lowest BCUT2D eigenvalue weighted by Crippen LogP contribution is -2.16. The lowest BCUT2D eigenvalue weighted by Gasteiger charge is -2.18. The van der Waals surface area contributed by atoms with Crippen LogP contribution in [0, 0.1) is 6.92 Å². The van der Waals surface area contributed by atoms with Crippen molar-refractivity contribution >= 4 is 0 Å². The molecule has 0 fully saturated rings. The van der Waals surface area contributed by atoms with Crippen LogP contribution < -0.4 is 0 Å². The number of aryl methyl sites for hydroxylation is 1. The molecule has 2 nitrogen and oxygen atoms in total. The minimum absolute atomic E-state index is 0.0905. The molecule has 0 aromatic carbocycles. The van der Waals surface area contributed by atoms with Gasteiger partial charge < -0.3 is 0 Å². The fraction of sp³-hybridized carbons (Fsp3) is 0.667. The SMILES string of the molecule is Cc1cc(C(C)(C)C)nnc1C(C)C. The Bertz CT molecular complexity index is 322. The molecule has 78 valence electrons. The Labute approximate surface area is 86.8 Å². The summed E-state index contributed by atoms with van der Waals surface area (Å²) in [7, 11) is 0. The van der Waals surface area contributed by atoms with Crippen LogP contribution in [-0.2, 0) is 5.41 Å². The van der Waals surface area contributed by atoms with E-state index in [-0.39, 0.29) is 5.41 Å². The second-order valence-electron chi connectivity index (χ2n) is 5.20. The highest BCUT2D eigenvalue weighted by molar-refractivity contribution is 5.25. The third-order valence-corrected chi connectivity index (χ3v) is 2.34. The lowest BCUT2D eigenvalue weighted by atomic mass is 9.90. The molecule has 0 unspecified atom stereocenters. The average Bonchev–Trinajstić information content (AvgIpc) is 2.01. The Morgan fingerprint density at radius 2 is 1.71 bits per heavy atom. The van der Waals surface area contributed by atoms with E-state index >= 15 is 0 Å². The standard InChI is InChI=1S/C12H20N2/c1-8(2)11-9(3)7-10(13-14-11)12(4,5)6/h7-8H,1-6H3. The van der Waals surface area contributed by atoms with E-state index < -0.39 is 0 Å². The molecule has 0 aliphatic heterocycles. The van der Waals surface area contributed by atoms with Crippen LogP contribution in [0.2, 0.25) is 0 Å². The Kier molecular flexibility index (Phi) is 2.93. The summed E-state index contributed by atoms with van der Waals surface area (Å²) in [5, 5.41) is 8.58. The number of hydrogen-bond donors (Lipinski definition) is 0. The van der Waals surface area contributed by atoms with E-state index in [1.807, 2.05) is 0 Å². The van der Waals surface area contributed by atoms with Crippen molar-refractivity contribution in [2.75, 3.05) is 0 Å². The average molecular weight is 192 g/mol. The monoisotopic (exact) mass is 192 g/mol. The molecule has 0 amide bonds. The van der Waals surface area contributed by atoms with Gasteiger partial charge >= 0.3 is 0 Å². The van der Waals surface area contributed by atoms with Gasteiger partial charge in [-0.15, -0.1) is 0 Å². The molecular formula is C12H20N2. The van der Waals surface area contributed by atoms with Crippen molar-refractivity contribution in [2.24, 2.45) is 0 Å². The Morgan fingerprint density at radius 1 is 1.14 bits per heavy atom. The summed E-state index contributed by atoms with van der Waals surface area (Å²) >= 11 is 0. The van der Waals surface area contributed by atoms with Crippen LogP contribution >= 0.6 is 0 Å². The second kappa shape index (κ2) is 3.68. The topological polar surface area (TPSA) is 25.8 Å². The Morgan fingerprint density at radius 3 is 2.07 bits per heavy atom. The van der Waals surface area contributed by atoms with Gasteiger partial charge in [-0.2, -0.15) is 10.2 Å². The van der Waals surface area contributed by atoms with Crippen LogP contribution in [0.1, 0.15) is 57.5 Å². The normalized spacial score (nSPS) is 12.2. The van der Waals surface area contributed by atoms with Crippen molar-refractivity contribution in [1.82, 2.24) is 10.2 Å². The quantitative estimate of drug-likeness (QED) is 0.683. The van der Waals surface area contributed by atoms with E-state index in [1.54, 1.807) is 0 Å². The largest absolute Gasteiger partial charge is 0.155 e. The molecule has 0 saturated heterocycles. The van der Waals surface area contributed by atoms with Gasteiger partial charge in [-0.25, -0.2) is 0 Å². The summed E-state index contributed by atoms with van der Waals surface area (Å²) in [5.41, 5.74) is 3.52. The zero-order chi connectivity index (χ0) is 10.9. The summed E-state index contributed by atoms with van der Waals surface area (Å²) < 4.78 is 0. The van der Waals surface area contributed by atoms with Crippen LogP contribution in [0.3, 0.4) is 0 Å². The molecule has 0 spiro atoms. The predicted octanol–water partition coefficient (Wildman–Crippen LogP) is 3.21. The zero-order valence-electron chi connectivity index (χ0n) is 10.0. The summed E-state index contributed by atoms with van der Waals surface area (Å²) in [6.07, 6.45) is 0. The van der Waals surface area contributed by atoms with Gasteiger partial charge in [0.1, 0.15) is 0 Å². The highest BCUT2D eigenvalue weighted by atomic mass is 15.1. The highest BCUT2D eigenvalue weighted by Gasteiger charge is 2.17. The van der Waals surface area contributed by atoms with Crippen molar-refractivity contribution in [3.63, 3.8) is 0 Å². The molecule has 0 N–H and O–H groups in total. The Balaban J connectivity index is 3.13. The summed E-state index contributed by atoms with van der Waals surface area (Å²) in [6.45, 7) is 12.9. The smallest absolute Gasteiger partial charge is 0.0687 e. The first kappa shape index (κ1) is 11.2. The molecular weight excluding hydrogens is 172 g/mol. The zero-order valence-corrected chi connectivity index (χ0v) is 10.0. The van der Waals surface area contributed by atoms with E-state index in [4.69, 9.17) is 0 Å². The van der Waals surface area contributed by atoms with Gasteiger partial charge in [-0.05, 0) is 24.5 Å². The van der Waals surface area contributed by atoms with Crippen LogP contribution in [-0.4, -0.2) is 10.2 Å². The third kappa shape index (κ3) is 2.31. The molecule has 0 bridgehead atoms. The van der Waals surface area contributed by atoms with Crippen LogP contribution in [0.15, 0.2) is 6.07 Å². The van der Waals surface area contributed by atoms with Gasteiger partial charge in [0.2, 0.25) is 0 Å². The number of rotatable bonds is 1. The van der Waals surface area contributed by atoms with Crippen LogP contribution in [0.5, 0.6) is 0 Å². The van der Waals surface area contributed by atoms with E-state index in [9.17, 15) is 0 Å². The van der Waals surface area contributed by atoms with Crippen LogP contribution in [0.25, 0.3) is 0 Å². The molecule has 1 aromatic heterocycles. The van der Waals surface area contributed by atoms with E-state index in [2.05, 4.69) is 57.8 Å². The number of hydrogen-bond acceptors (Lipinski definition) is 2. The lowest BCUT2D eigenvalue weighted by molar-refractivity contribution is 0.552. The van der Waals surface area contributed by atoms with E-state index in [0.29, 0.717) is 5.92 Å². The van der Waals surface area contributed by atoms with Crippen molar-refractivity contribution in [3.8, 4) is 0 Å². The summed E-state index contributed by atoms with van der Waals surface area (Å²) in [5.74, 6) is 0.455. The minimum Gasteiger partial charge on any atom is -0.155 e. The molecule has 0 radical (unpaired) electrons. The molecule has 0 atom stereocenters. The predicted molar refractivity (Wildman–Crippen MR) is 59.6 cm³/mol. The van der Waals surface area contributed by atoms with Gasteiger partial charge in [0.05, 0.1) is 11.4 Å². The second-order valence-corrected chi connectivity index (χ2v) is 5.20. The molecule has 1 aromatic rings. The van der Waals surface area contributed by atoms with Gasteiger partial charge in [-0.3, -0.25) is 0 Å². The molecule has 2 heteroatoms. The number of aromatic nitrogens is 2. The van der Waals surface area contributed by atoms with Gasteiger partial charge in [0.25, 0.3) is 0 Å². The molecule has 0 aliphatic rings. The van der Waals surface area contributed by atoms with E-state index in [0.717, 1.165) is 11.4 Å². The maximum absolute atomic E-state index is 4.29. The van der Waals surface area contributed by atoms with Gasteiger partial charge in [-0.1, -0.05) is 34.6 Å². The minimum atomic E-state index is 0.0905. The summed E-state index contributed by atoms with van der Waals surface area (Å²) in [4.78, 5) is 0. The fourth-order valence-corrected chi connectivity index (χ4v) is 1.43. The fourth-order valence-electron chi connectivity index (χ4n) is 1.43. The Hall–Kier alpha value is -0.920. The maximum atomic E-state index is 4.29. The molecule has 1 rings (SSSR count). The van der Waals surface area contributed by atoms with Crippen LogP contribution in [0.4, 0.5) is 0 Å². The van der Waals surface area contributed by atoms with Gasteiger partial charge in [0, 0.05) is 5.41 Å². The van der Waals surface area contributed by atoms with Crippen molar-refractivity contribution in [1.29, 1.82) is 0 Å². The molecule has 1 heterocycles. The van der Waals surface area contributed by atoms with Crippen molar-refractivity contribution in [3.05, 3.63) is 23.0 Å². The van der Waals surface area contributed by atoms with Crippen molar-refractivity contribution in [2.45, 2.75) is 52.9 Å². The maximum Gasteiger partial charge on any atom is 0.0687 e. The van der Waals surface area contributed by atoms with Crippen molar-refractivity contribution < 1.29 is 0 Å². The first-order valence-corrected chi connectivity index (χ1v) is 5.17. The summed E-state index contributed by atoms with van der Waals surface area (Å²) in [6, 6.07) is 2.16. The molecule has 0 saturated carbocycles. The number of nitrogens with zero attached hydrogens (tertiary/aromatic N) is 2. The first-order chi connectivity index (χ1) is 6.32. The first-order valence-electron chi connectivity index (χ1n) is 5.17.